The van der Waals surface area contributed by atoms with Crippen molar-refractivity contribution in [3.05, 3.63) is 16.4 Å². The Morgan fingerprint density at radius 2 is 1.95 bits per heavy atom. The van der Waals surface area contributed by atoms with Gasteiger partial charge in [0.2, 0.25) is 0 Å². The number of nitrogens with zero attached hydrogens (tertiary/aromatic N) is 3. The molecule has 2 heterocycles. The molecule has 4 nitrogen and oxygen atoms in total. The summed E-state index contributed by atoms with van der Waals surface area (Å²) in [5.74, 6) is 0. The number of aliphatic hydroxyl groups is 1. The maximum absolute atomic E-state index is 10.9. The Hall–Kier alpha value is -0.580. The van der Waals surface area contributed by atoms with Crippen molar-refractivity contribution in [3.63, 3.8) is 0 Å². The van der Waals surface area contributed by atoms with Gasteiger partial charge in [0.05, 0.1) is 22.5 Å². The second-order valence-corrected chi connectivity index (χ2v) is 6.69. The summed E-state index contributed by atoms with van der Waals surface area (Å²) in [6.07, 6.45) is 4.34. The van der Waals surface area contributed by atoms with Gasteiger partial charge in [-0.2, -0.15) is 5.10 Å². The van der Waals surface area contributed by atoms with Crippen LogP contribution in [0.15, 0.2) is 0 Å². The second-order valence-electron chi connectivity index (χ2n) is 6.31. The standard InChI is InChI=1S/C16H28ClN3O/c1-5-12-15(17)13(19(4)18-12)11-14(21)16(3,6-2)20-9-7-8-10-20/h14,21H,5-11H2,1-4H3. The molecule has 0 aliphatic carbocycles. The molecule has 1 aliphatic heterocycles. The molecule has 2 rings (SSSR count). The number of aromatic nitrogens is 2. The van der Waals surface area contributed by atoms with Gasteiger partial charge in [0, 0.05) is 19.0 Å². The van der Waals surface area contributed by atoms with E-state index in [-0.39, 0.29) is 5.54 Å². The quantitative estimate of drug-likeness (QED) is 0.878. The van der Waals surface area contributed by atoms with Crippen LogP contribution in [0.5, 0.6) is 0 Å². The Labute approximate surface area is 133 Å². The van der Waals surface area contributed by atoms with Gasteiger partial charge in [-0.3, -0.25) is 9.58 Å². The molecule has 0 saturated carbocycles. The molecular formula is C16H28ClN3O. The van der Waals surface area contributed by atoms with Gasteiger partial charge in [-0.05, 0) is 45.7 Å². The van der Waals surface area contributed by atoms with Crippen molar-refractivity contribution in [2.24, 2.45) is 7.05 Å². The highest BCUT2D eigenvalue weighted by molar-refractivity contribution is 6.31. The summed E-state index contributed by atoms with van der Waals surface area (Å²) in [5, 5.41) is 16.0. The first kappa shape index (κ1) is 16.8. The summed E-state index contributed by atoms with van der Waals surface area (Å²) in [7, 11) is 1.91. The Bertz CT molecular complexity index is 482. The number of hydrogen-bond donors (Lipinski definition) is 1. The third kappa shape index (κ3) is 3.13. The molecule has 120 valence electrons. The number of aryl methyl sites for hydroxylation is 2. The van der Waals surface area contributed by atoms with Crippen molar-refractivity contribution in [1.29, 1.82) is 0 Å². The predicted molar refractivity (Wildman–Crippen MR) is 86.8 cm³/mol. The van der Waals surface area contributed by atoms with Crippen LogP contribution in [-0.4, -0.2) is 44.5 Å². The van der Waals surface area contributed by atoms with E-state index < -0.39 is 6.10 Å². The van der Waals surface area contributed by atoms with E-state index in [4.69, 9.17) is 11.6 Å². The monoisotopic (exact) mass is 313 g/mol. The van der Waals surface area contributed by atoms with Gasteiger partial charge in [0.25, 0.3) is 0 Å². The molecule has 1 saturated heterocycles. The lowest BCUT2D eigenvalue weighted by atomic mass is 9.87. The third-order valence-electron chi connectivity index (χ3n) is 5.15. The molecule has 1 fully saturated rings. The van der Waals surface area contributed by atoms with Crippen LogP contribution in [0.2, 0.25) is 5.02 Å². The Balaban J connectivity index is 2.19. The highest BCUT2D eigenvalue weighted by Gasteiger charge is 2.39. The Kier molecular flexibility index (Phi) is 5.33. The fourth-order valence-electron chi connectivity index (χ4n) is 3.34. The maximum Gasteiger partial charge on any atom is 0.0850 e. The van der Waals surface area contributed by atoms with Crippen molar-refractivity contribution >= 4 is 11.6 Å². The summed E-state index contributed by atoms with van der Waals surface area (Å²) in [6.45, 7) is 8.55. The van der Waals surface area contributed by atoms with E-state index in [1.807, 2.05) is 11.7 Å². The SMILES string of the molecule is CCc1nn(C)c(CC(O)C(C)(CC)N2CCCC2)c1Cl. The second kappa shape index (κ2) is 6.67. The van der Waals surface area contributed by atoms with E-state index >= 15 is 0 Å². The van der Waals surface area contributed by atoms with Crippen LogP contribution >= 0.6 is 11.6 Å². The van der Waals surface area contributed by atoms with Crippen molar-refractivity contribution in [3.8, 4) is 0 Å². The van der Waals surface area contributed by atoms with Gasteiger partial charge in [0.15, 0.2) is 0 Å². The normalized spacial score (nSPS) is 20.7. The van der Waals surface area contributed by atoms with Crippen LogP contribution < -0.4 is 0 Å². The minimum atomic E-state index is -0.432. The van der Waals surface area contributed by atoms with Crippen molar-refractivity contribution in [2.45, 2.75) is 64.5 Å². The van der Waals surface area contributed by atoms with E-state index in [9.17, 15) is 5.11 Å². The summed E-state index contributed by atoms with van der Waals surface area (Å²) < 4.78 is 1.82. The molecule has 2 unspecified atom stereocenters. The average Bonchev–Trinajstić information content (AvgIpc) is 3.10. The van der Waals surface area contributed by atoms with Crippen LogP contribution in [0.25, 0.3) is 0 Å². The molecule has 0 bridgehead atoms. The molecule has 0 radical (unpaired) electrons. The average molecular weight is 314 g/mol. The van der Waals surface area contributed by atoms with E-state index in [2.05, 4.69) is 30.8 Å². The first-order valence-electron chi connectivity index (χ1n) is 8.07. The van der Waals surface area contributed by atoms with Gasteiger partial charge >= 0.3 is 0 Å². The highest BCUT2D eigenvalue weighted by Crippen LogP contribution is 2.31. The lowest BCUT2D eigenvalue weighted by Gasteiger charge is -2.42. The first-order chi connectivity index (χ1) is 9.93. The number of hydrogen-bond acceptors (Lipinski definition) is 3. The molecule has 0 spiro atoms. The number of halogens is 1. The van der Waals surface area contributed by atoms with Crippen molar-refractivity contribution in [2.75, 3.05) is 13.1 Å². The summed E-state index contributed by atoms with van der Waals surface area (Å²) in [5.41, 5.74) is 1.68. The largest absolute Gasteiger partial charge is 0.391 e. The summed E-state index contributed by atoms with van der Waals surface area (Å²) >= 11 is 6.42. The van der Waals surface area contributed by atoms with E-state index in [0.29, 0.717) is 6.42 Å². The van der Waals surface area contributed by atoms with Crippen LogP contribution in [0.3, 0.4) is 0 Å². The number of likely N-dealkylation sites (tertiary alicyclic amines) is 1. The molecule has 2 atom stereocenters. The maximum atomic E-state index is 10.9. The van der Waals surface area contributed by atoms with Gasteiger partial charge < -0.3 is 5.11 Å². The predicted octanol–water partition coefficient (Wildman–Crippen LogP) is 2.80. The molecule has 0 amide bonds. The summed E-state index contributed by atoms with van der Waals surface area (Å²) in [4.78, 5) is 2.43. The minimum absolute atomic E-state index is 0.184. The molecule has 21 heavy (non-hydrogen) atoms. The molecule has 1 aliphatic rings. The van der Waals surface area contributed by atoms with Crippen molar-refractivity contribution < 1.29 is 5.11 Å². The van der Waals surface area contributed by atoms with E-state index in [1.54, 1.807) is 0 Å². The van der Waals surface area contributed by atoms with Crippen LogP contribution in [0.4, 0.5) is 0 Å². The zero-order chi connectivity index (χ0) is 15.6. The lowest BCUT2D eigenvalue weighted by Crippen LogP contribution is -2.54. The zero-order valence-electron chi connectivity index (χ0n) is 13.7. The Morgan fingerprint density at radius 1 is 1.33 bits per heavy atom. The molecule has 1 aromatic rings. The van der Waals surface area contributed by atoms with E-state index in [1.165, 1.54) is 12.8 Å². The molecule has 0 aromatic carbocycles. The Morgan fingerprint density at radius 3 is 2.43 bits per heavy atom. The number of aliphatic hydroxyl groups excluding tert-OH is 1. The highest BCUT2D eigenvalue weighted by atomic mass is 35.5. The lowest BCUT2D eigenvalue weighted by molar-refractivity contribution is -0.0126. The zero-order valence-corrected chi connectivity index (χ0v) is 14.4. The van der Waals surface area contributed by atoms with Gasteiger partial charge in [-0.1, -0.05) is 25.4 Å². The minimum Gasteiger partial charge on any atom is -0.391 e. The van der Waals surface area contributed by atoms with Gasteiger partial charge in [-0.25, -0.2) is 0 Å². The van der Waals surface area contributed by atoms with Gasteiger partial charge in [-0.15, -0.1) is 0 Å². The molecular weight excluding hydrogens is 286 g/mol. The van der Waals surface area contributed by atoms with Crippen LogP contribution in [0, 0.1) is 0 Å². The fourth-order valence-corrected chi connectivity index (χ4v) is 3.71. The van der Waals surface area contributed by atoms with Crippen molar-refractivity contribution in [1.82, 2.24) is 14.7 Å². The molecule has 1 aromatic heterocycles. The first-order valence-corrected chi connectivity index (χ1v) is 8.45. The van der Waals surface area contributed by atoms with Crippen LogP contribution in [-0.2, 0) is 19.9 Å². The van der Waals surface area contributed by atoms with Gasteiger partial charge in [0.1, 0.15) is 0 Å². The topological polar surface area (TPSA) is 41.3 Å². The smallest absolute Gasteiger partial charge is 0.0850 e. The summed E-state index contributed by atoms with van der Waals surface area (Å²) in [6, 6.07) is 0. The van der Waals surface area contributed by atoms with Crippen LogP contribution in [0.1, 0.15) is 51.4 Å². The van der Waals surface area contributed by atoms with E-state index in [0.717, 1.165) is 42.3 Å². The number of rotatable bonds is 6. The fraction of sp³-hybridized carbons (Fsp3) is 0.812. The molecule has 5 heteroatoms. The third-order valence-corrected chi connectivity index (χ3v) is 5.59. The molecule has 1 N–H and O–H groups in total.